The average molecular weight is 430 g/mol. The van der Waals surface area contributed by atoms with Gasteiger partial charge in [0.1, 0.15) is 5.60 Å². The SMILES string of the molecule is Cc1ccc(-c2cc(N3Cc4ccccc4C3O)ccc2C(C)C(=O)OC(C)(C)C)cc1. The summed E-state index contributed by atoms with van der Waals surface area (Å²) in [5.74, 6) is -0.660. The molecule has 1 aliphatic heterocycles. The molecule has 0 aliphatic carbocycles. The number of ether oxygens (including phenoxy) is 1. The van der Waals surface area contributed by atoms with Gasteiger partial charge in [0.15, 0.2) is 6.23 Å². The first-order valence-electron chi connectivity index (χ1n) is 11.1. The van der Waals surface area contributed by atoms with Crippen LogP contribution in [0, 0.1) is 6.92 Å². The van der Waals surface area contributed by atoms with Gasteiger partial charge in [0, 0.05) is 17.8 Å². The van der Waals surface area contributed by atoms with Crippen molar-refractivity contribution < 1.29 is 14.6 Å². The molecule has 0 saturated carbocycles. The van der Waals surface area contributed by atoms with Gasteiger partial charge >= 0.3 is 5.97 Å². The molecular formula is C28H31NO3. The summed E-state index contributed by atoms with van der Waals surface area (Å²) in [5.41, 5.74) is 6.55. The van der Waals surface area contributed by atoms with Crippen LogP contribution in [0.4, 0.5) is 5.69 Å². The number of aryl methyl sites for hydroxylation is 1. The highest BCUT2D eigenvalue weighted by Gasteiger charge is 2.30. The van der Waals surface area contributed by atoms with E-state index in [1.54, 1.807) is 0 Å². The highest BCUT2D eigenvalue weighted by Crippen LogP contribution is 2.40. The summed E-state index contributed by atoms with van der Waals surface area (Å²) >= 11 is 0. The molecule has 32 heavy (non-hydrogen) atoms. The van der Waals surface area contributed by atoms with Crippen molar-refractivity contribution in [1.82, 2.24) is 0 Å². The molecule has 0 saturated heterocycles. The molecule has 0 fully saturated rings. The molecule has 4 rings (SSSR count). The maximum absolute atomic E-state index is 12.9. The fraction of sp³-hybridized carbons (Fsp3) is 0.321. The van der Waals surface area contributed by atoms with Gasteiger partial charge in [0.2, 0.25) is 0 Å². The molecular weight excluding hydrogens is 398 g/mol. The average Bonchev–Trinajstić information content (AvgIpc) is 3.09. The Morgan fingerprint density at radius 3 is 2.41 bits per heavy atom. The van der Waals surface area contributed by atoms with Crippen LogP contribution in [0.25, 0.3) is 11.1 Å². The molecule has 0 amide bonds. The number of hydrogen-bond donors (Lipinski definition) is 1. The number of carbonyl (C=O) groups is 1. The molecule has 4 nitrogen and oxygen atoms in total. The maximum Gasteiger partial charge on any atom is 0.313 e. The van der Waals surface area contributed by atoms with Crippen molar-refractivity contribution in [1.29, 1.82) is 0 Å². The third kappa shape index (κ3) is 4.42. The van der Waals surface area contributed by atoms with E-state index < -0.39 is 17.7 Å². The Balaban J connectivity index is 1.75. The van der Waals surface area contributed by atoms with Crippen LogP contribution in [0.2, 0.25) is 0 Å². The fourth-order valence-corrected chi connectivity index (χ4v) is 4.20. The first-order valence-corrected chi connectivity index (χ1v) is 11.1. The lowest BCUT2D eigenvalue weighted by atomic mass is 9.90. The number of carbonyl (C=O) groups excluding carboxylic acids is 1. The van der Waals surface area contributed by atoms with E-state index in [-0.39, 0.29) is 5.97 Å². The van der Waals surface area contributed by atoms with Crippen LogP contribution >= 0.6 is 0 Å². The third-order valence-corrected chi connectivity index (χ3v) is 5.93. The molecule has 1 aliphatic rings. The van der Waals surface area contributed by atoms with Gasteiger partial charge < -0.3 is 14.7 Å². The zero-order chi connectivity index (χ0) is 23.0. The van der Waals surface area contributed by atoms with E-state index in [0.717, 1.165) is 33.5 Å². The first-order chi connectivity index (χ1) is 15.1. The molecule has 3 aromatic rings. The van der Waals surface area contributed by atoms with Gasteiger partial charge in [-0.2, -0.15) is 0 Å². The summed E-state index contributed by atoms with van der Waals surface area (Å²) in [4.78, 5) is 14.9. The summed E-state index contributed by atoms with van der Waals surface area (Å²) in [6, 6.07) is 22.3. The fourth-order valence-electron chi connectivity index (χ4n) is 4.20. The normalized spacial score (nSPS) is 16.6. The lowest BCUT2D eigenvalue weighted by Gasteiger charge is -2.26. The molecule has 1 N–H and O–H groups in total. The Labute approximate surface area is 190 Å². The van der Waals surface area contributed by atoms with E-state index in [1.807, 2.05) is 62.9 Å². The highest BCUT2D eigenvalue weighted by atomic mass is 16.6. The number of rotatable bonds is 4. The molecule has 2 unspecified atom stereocenters. The van der Waals surface area contributed by atoms with E-state index in [0.29, 0.717) is 6.54 Å². The van der Waals surface area contributed by atoms with Gasteiger partial charge in [0.25, 0.3) is 0 Å². The predicted molar refractivity (Wildman–Crippen MR) is 128 cm³/mol. The van der Waals surface area contributed by atoms with Gasteiger partial charge in [-0.1, -0.05) is 60.2 Å². The lowest BCUT2D eigenvalue weighted by Crippen LogP contribution is -2.27. The summed E-state index contributed by atoms with van der Waals surface area (Å²) in [7, 11) is 0. The summed E-state index contributed by atoms with van der Waals surface area (Å²) < 4.78 is 5.66. The zero-order valence-electron chi connectivity index (χ0n) is 19.4. The zero-order valence-corrected chi connectivity index (χ0v) is 19.4. The molecule has 0 spiro atoms. The van der Waals surface area contributed by atoms with Gasteiger partial charge in [-0.3, -0.25) is 4.79 Å². The van der Waals surface area contributed by atoms with Crippen molar-refractivity contribution in [2.75, 3.05) is 4.90 Å². The van der Waals surface area contributed by atoms with Crippen molar-refractivity contribution in [2.24, 2.45) is 0 Å². The molecule has 0 aromatic heterocycles. The monoisotopic (exact) mass is 429 g/mol. The first kappa shape index (κ1) is 22.1. The van der Waals surface area contributed by atoms with E-state index >= 15 is 0 Å². The van der Waals surface area contributed by atoms with Crippen molar-refractivity contribution in [3.05, 3.63) is 89.0 Å². The molecule has 1 heterocycles. The van der Waals surface area contributed by atoms with E-state index in [2.05, 4.69) is 43.3 Å². The predicted octanol–water partition coefficient (Wildman–Crippen LogP) is 6.12. The number of aliphatic hydroxyl groups is 1. The van der Waals surface area contributed by atoms with Crippen LogP contribution in [0.15, 0.2) is 66.7 Å². The molecule has 2 atom stereocenters. The summed E-state index contributed by atoms with van der Waals surface area (Å²) in [5, 5.41) is 10.9. The van der Waals surface area contributed by atoms with Crippen LogP contribution < -0.4 is 4.90 Å². The largest absolute Gasteiger partial charge is 0.460 e. The number of benzene rings is 3. The third-order valence-electron chi connectivity index (χ3n) is 5.93. The van der Waals surface area contributed by atoms with Crippen molar-refractivity contribution >= 4 is 11.7 Å². The second-order valence-electron chi connectivity index (χ2n) is 9.59. The number of anilines is 1. The molecule has 166 valence electrons. The van der Waals surface area contributed by atoms with Crippen molar-refractivity contribution in [2.45, 2.75) is 58.9 Å². The number of hydrogen-bond acceptors (Lipinski definition) is 4. The van der Waals surface area contributed by atoms with E-state index in [4.69, 9.17) is 4.74 Å². The number of aliphatic hydroxyl groups excluding tert-OH is 1. The van der Waals surface area contributed by atoms with E-state index in [1.165, 1.54) is 5.56 Å². The van der Waals surface area contributed by atoms with Gasteiger partial charge in [-0.25, -0.2) is 0 Å². The minimum atomic E-state index is -0.689. The minimum absolute atomic E-state index is 0.243. The molecule has 3 aromatic carbocycles. The second kappa shape index (κ2) is 8.44. The molecule has 0 radical (unpaired) electrons. The Bertz CT molecular complexity index is 1130. The Kier molecular flexibility index (Phi) is 5.83. The van der Waals surface area contributed by atoms with Crippen LogP contribution in [0.3, 0.4) is 0 Å². The van der Waals surface area contributed by atoms with Gasteiger partial charge in [0.05, 0.1) is 5.92 Å². The van der Waals surface area contributed by atoms with Crippen molar-refractivity contribution in [3.8, 4) is 11.1 Å². The standard InChI is InChI=1S/C28H31NO3/c1-18-10-12-20(13-11-18)25-16-22(29-17-21-8-6-7-9-24(21)26(29)30)14-15-23(25)19(2)27(31)32-28(3,4)5/h6-16,19,26,30H,17H2,1-5H3. The summed E-state index contributed by atoms with van der Waals surface area (Å²) in [6.45, 7) is 10.2. The van der Waals surface area contributed by atoms with Crippen LogP contribution in [-0.4, -0.2) is 16.7 Å². The van der Waals surface area contributed by atoms with Crippen LogP contribution in [-0.2, 0) is 16.1 Å². The topological polar surface area (TPSA) is 49.8 Å². The summed E-state index contributed by atoms with van der Waals surface area (Å²) in [6.07, 6.45) is -0.689. The number of esters is 1. The Morgan fingerprint density at radius 2 is 1.75 bits per heavy atom. The number of nitrogens with zero attached hydrogens (tertiary/aromatic N) is 1. The van der Waals surface area contributed by atoms with Crippen LogP contribution in [0.5, 0.6) is 0 Å². The number of fused-ring (bicyclic) bond motifs is 1. The van der Waals surface area contributed by atoms with E-state index in [9.17, 15) is 9.90 Å². The van der Waals surface area contributed by atoms with Crippen molar-refractivity contribution in [3.63, 3.8) is 0 Å². The van der Waals surface area contributed by atoms with Gasteiger partial charge in [-0.15, -0.1) is 0 Å². The van der Waals surface area contributed by atoms with Gasteiger partial charge in [-0.05, 0) is 69.0 Å². The maximum atomic E-state index is 12.9. The molecule has 0 bridgehead atoms. The lowest BCUT2D eigenvalue weighted by molar-refractivity contribution is -0.156. The minimum Gasteiger partial charge on any atom is -0.460 e. The highest BCUT2D eigenvalue weighted by molar-refractivity contribution is 5.84. The second-order valence-corrected chi connectivity index (χ2v) is 9.59. The quantitative estimate of drug-likeness (QED) is 0.508. The molecule has 4 heteroatoms. The smallest absolute Gasteiger partial charge is 0.313 e. The Morgan fingerprint density at radius 1 is 1.06 bits per heavy atom. The van der Waals surface area contributed by atoms with Crippen LogP contribution in [0.1, 0.15) is 62.1 Å². The Hall–Kier alpha value is -3.11.